The van der Waals surface area contributed by atoms with Gasteiger partial charge >= 0.3 is 0 Å². The number of Topliss-reactive ketones (excluding diaryl/α,β-unsaturated/α-hetero) is 3. The van der Waals surface area contributed by atoms with Crippen LogP contribution in [0.3, 0.4) is 0 Å². The SMILES string of the molecule is O=C(N[C@@H](CC/C=C/S(=O)(=O)c1ccccc1)C(=O)C[C@@H](Cc1ccccc1)C(=O)N1CCC[C@H]1C(=O)C[C@@H](CC1CCCC1)C(=O)C1=NN=NC1)C1CCNCC1. The van der Waals surface area contributed by atoms with Crippen LogP contribution in [0.15, 0.2) is 92.5 Å². The lowest BCUT2D eigenvalue weighted by atomic mass is 9.83. The number of carbonyl (C=O) groups is 5. The molecule has 13 nitrogen and oxygen atoms in total. The number of hydrogen-bond donors (Lipinski definition) is 2. The fourth-order valence-electron chi connectivity index (χ4n) is 8.85. The molecular weight excluding hydrogens is 757 g/mol. The number of hydrogen-bond acceptors (Lipinski definition) is 11. The van der Waals surface area contributed by atoms with Gasteiger partial charge in [0.25, 0.3) is 0 Å². The van der Waals surface area contributed by atoms with Gasteiger partial charge in [-0.3, -0.25) is 24.0 Å². The van der Waals surface area contributed by atoms with Gasteiger partial charge in [0.05, 0.1) is 17.0 Å². The zero-order valence-corrected chi connectivity index (χ0v) is 34.0. The summed E-state index contributed by atoms with van der Waals surface area (Å²) in [5, 5.41) is 18.8. The van der Waals surface area contributed by atoms with E-state index in [1.54, 1.807) is 23.1 Å². The molecule has 2 amide bonds. The van der Waals surface area contributed by atoms with Gasteiger partial charge in [-0.05, 0) is 93.3 Å². The van der Waals surface area contributed by atoms with Crippen molar-refractivity contribution in [3.05, 3.63) is 77.7 Å². The van der Waals surface area contributed by atoms with E-state index >= 15 is 0 Å². The summed E-state index contributed by atoms with van der Waals surface area (Å²) in [4.78, 5) is 72.0. The van der Waals surface area contributed by atoms with Crippen LogP contribution < -0.4 is 10.6 Å². The van der Waals surface area contributed by atoms with Crippen molar-refractivity contribution in [3.63, 3.8) is 0 Å². The van der Waals surface area contributed by atoms with Crippen LogP contribution in [0.5, 0.6) is 0 Å². The Kier molecular flexibility index (Phi) is 15.4. The molecule has 0 aromatic heterocycles. The van der Waals surface area contributed by atoms with Crippen LogP contribution >= 0.6 is 0 Å². The monoisotopic (exact) mass is 812 g/mol. The molecule has 4 atom stereocenters. The van der Waals surface area contributed by atoms with Gasteiger partial charge in [0, 0.05) is 42.5 Å². The number of amides is 2. The van der Waals surface area contributed by atoms with E-state index in [9.17, 15) is 32.4 Å². The van der Waals surface area contributed by atoms with Crippen LogP contribution in [0.25, 0.3) is 0 Å². The number of nitrogens with zero attached hydrogens (tertiary/aromatic N) is 4. The quantitative estimate of drug-likeness (QED) is 0.173. The van der Waals surface area contributed by atoms with Crippen LogP contribution in [-0.4, -0.2) is 86.5 Å². The van der Waals surface area contributed by atoms with E-state index in [1.165, 1.54) is 18.2 Å². The summed E-state index contributed by atoms with van der Waals surface area (Å²) in [7, 11) is -3.70. The Hall–Kier alpha value is -4.69. The van der Waals surface area contributed by atoms with Crippen molar-refractivity contribution >= 4 is 44.7 Å². The van der Waals surface area contributed by atoms with Crippen LogP contribution in [0.2, 0.25) is 0 Å². The first-order valence-electron chi connectivity index (χ1n) is 20.9. The molecule has 2 aromatic rings. The maximum Gasteiger partial charge on any atom is 0.227 e. The lowest BCUT2D eigenvalue weighted by Gasteiger charge is -2.30. The molecule has 14 heteroatoms. The minimum atomic E-state index is -3.70. The second-order valence-corrected chi connectivity index (χ2v) is 18.0. The fourth-order valence-corrected chi connectivity index (χ4v) is 9.94. The number of likely N-dealkylation sites (tertiary alicyclic amines) is 1. The molecule has 0 bridgehead atoms. The van der Waals surface area contributed by atoms with Gasteiger partial charge in [-0.1, -0.05) is 80.3 Å². The van der Waals surface area contributed by atoms with E-state index in [2.05, 4.69) is 26.1 Å². The van der Waals surface area contributed by atoms with E-state index in [-0.39, 0.29) is 84.3 Å². The molecule has 0 radical (unpaired) electrons. The third-order valence-corrected chi connectivity index (χ3v) is 13.5. The Morgan fingerprint density at radius 3 is 2.26 bits per heavy atom. The summed E-state index contributed by atoms with van der Waals surface area (Å²) >= 11 is 0. The zero-order chi connectivity index (χ0) is 40.9. The first kappa shape index (κ1) is 42.9. The standard InChI is InChI=1S/C44H56N6O7S/c51-40(37(47-43(54)33-20-22-45-23-21-33)18-9-10-25-58(56,57)36-16-5-2-6-17-36)29-35(27-32-12-3-1-4-13-32)44(55)50-24-11-19-39(50)41(52)28-34(26-31-14-7-8-15-31)42(53)38-30-46-49-48-38/h1-6,10,12-13,16-17,25,31,33-35,37,39,45H,7-9,11,14-15,18-24,26-30H2,(H,47,54)/b25-10+/t34-,35-,37+,39+/m1/s1. The first-order chi connectivity index (χ1) is 28.1. The lowest BCUT2D eigenvalue weighted by Crippen LogP contribution is -2.48. The predicted molar refractivity (Wildman–Crippen MR) is 219 cm³/mol. The van der Waals surface area contributed by atoms with Crippen molar-refractivity contribution in [2.75, 3.05) is 26.2 Å². The number of rotatable bonds is 20. The maximum absolute atomic E-state index is 14.6. The smallest absolute Gasteiger partial charge is 0.227 e. The van der Waals surface area contributed by atoms with Crippen LogP contribution in [0, 0.1) is 23.7 Å². The van der Waals surface area contributed by atoms with Crippen LogP contribution in [0.4, 0.5) is 0 Å². The van der Waals surface area contributed by atoms with E-state index in [0.717, 1.165) is 36.7 Å². The second kappa shape index (κ2) is 20.8. The molecule has 3 heterocycles. The lowest BCUT2D eigenvalue weighted by molar-refractivity contribution is -0.143. The molecule has 0 spiro atoms. The number of allylic oxidation sites excluding steroid dienone is 1. The number of piperidine rings is 1. The molecule has 6 rings (SSSR count). The predicted octanol–water partition coefficient (Wildman–Crippen LogP) is 5.59. The van der Waals surface area contributed by atoms with E-state index in [1.807, 2.05) is 30.3 Å². The summed E-state index contributed by atoms with van der Waals surface area (Å²) in [5.74, 6) is -2.51. The molecule has 2 saturated heterocycles. The van der Waals surface area contributed by atoms with E-state index < -0.39 is 33.8 Å². The largest absolute Gasteiger partial charge is 0.346 e. The highest BCUT2D eigenvalue weighted by Crippen LogP contribution is 2.34. The Bertz CT molecular complexity index is 1960. The topological polar surface area (TPSA) is 184 Å². The average Bonchev–Trinajstić information content (AvgIpc) is 4.07. The highest BCUT2D eigenvalue weighted by molar-refractivity contribution is 7.94. The number of ketones is 3. The number of nitrogens with one attached hydrogen (secondary N) is 2. The Balaban J connectivity index is 1.18. The molecule has 1 aliphatic carbocycles. The number of carbonyl (C=O) groups excluding carboxylic acids is 5. The van der Waals surface area contributed by atoms with Crippen LogP contribution in [-0.2, 0) is 40.2 Å². The van der Waals surface area contributed by atoms with Crippen molar-refractivity contribution in [3.8, 4) is 0 Å². The third-order valence-electron chi connectivity index (χ3n) is 12.1. The van der Waals surface area contributed by atoms with Gasteiger partial charge in [-0.15, -0.1) is 5.10 Å². The Morgan fingerprint density at radius 2 is 1.57 bits per heavy atom. The molecular formula is C44H56N6O7S. The highest BCUT2D eigenvalue weighted by atomic mass is 32.2. The summed E-state index contributed by atoms with van der Waals surface area (Å²) in [6.07, 6.45) is 9.12. The fraction of sp³-hybridized carbons (Fsp3) is 0.545. The van der Waals surface area contributed by atoms with Gasteiger partial charge in [0.15, 0.2) is 27.2 Å². The van der Waals surface area contributed by atoms with Gasteiger partial charge in [-0.25, -0.2) is 8.42 Å². The van der Waals surface area contributed by atoms with Gasteiger partial charge in [0.2, 0.25) is 11.8 Å². The summed E-state index contributed by atoms with van der Waals surface area (Å²) in [5.41, 5.74) is 1.13. The molecule has 2 aromatic carbocycles. The molecule has 310 valence electrons. The summed E-state index contributed by atoms with van der Waals surface area (Å²) < 4.78 is 25.8. The summed E-state index contributed by atoms with van der Waals surface area (Å²) in [6.45, 7) is 1.85. The molecule has 2 N–H and O–H groups in total. The molecule has 1 saturated carbocycles. The van der Waals surface area contributed by atoms with Gasteiger partial charge in [-0.2, -0.15) is 5.11 Å². The van der Waals surface area contributed by atoms with Crippen LogP contribution in [0.1, 0.15) is 89.0 Å². The highest BCUT2D eigenvalue weighted by Gasteiger charge is 2.41. The third kappa shape index (κ3) is 11.7. The van der Waals surface area contributed by atoms with Crippen molar-refractivity contribution in [1.82, 2.24) is 15.5 Å². The number of sulfone groups is 1. The van der Waals surface area contributed by atoms with Crippen molar-refractivity contribution in [2.45, 2.75) is 107 Å². The van der Waals surface area contributed by atoms with Crippen molar-refractivity contribution < 1.29 is 32.4 Å². The number of benzene rings is 2. The maximum atomic E-state index is 14.6. The van der Waals surface area contributed by atoms with Gasteiger partial charge in [0.1, 0.15) is 12.3 Å². The summed E-state index contributed by atoms with van der Waals surface area (Å²) in [6, 6.07) is 15.8. The normalized spacial score (nSPS) is 20.5. The van der Waals surface area contributed by atoms with Crippen molar-refractivity contribution in [2.24, 2.45) is 39.1 Å². The molecule has 3 fully saturated rings. The minimum Gasteiger partial charge on any atom is -0.346 e. The molecule has 58 heavy (non-hydrogen) atoms. The second-order valence-electron chi connectivity index (χ2n) is 16.2. The Morgan fingerprint density at radius 1 is 0.862 bits per heavy atom. The zero-order valence-electron chi connectivity index (χ0n) is 33.2. The van der Waals surface area contributed by atoms with Crippen molar-refractivity contribution in [1.29, 1.82) is 0 Å². The first-order valence-corrected chi connectivity index (χ1v) is 22.5. The Labute approximate surface area is 341 Å². The molecule has 4 aliphatic rings. The average molecular weight is 813 g/mol. The van der Waals surface area contributed by atoms with Gasteiger partial charge < -0.3 is 15.5 Å². The van der Waals surface area contributed by atoms with E-state index in [0.29, 0.717) is 57.7 Å². The molecule has 3 aliphatic heterocycles. The minimum absolute atomic E-state index is 0.00336. The van der Waals surface area contributed by atoms with E-state index in [4.69, 9.17) is 0 Å². The molecule has 0 unspecified atom stereocenters.